The Kier molecular flexibility index (Phi) is 3.56. The van der Waals surface area contributed by atoms with Gasteiger partial charge in [0.1, 0.15) is 0 Å². The van der Waals surface area contributed by atoms with Crippen molar-refractivity contribution in [3.05, 3.63) is 23.6 Å². The van der Waals surface area contributed by atoms with Crippen LogP contribution in [0.15, 0.2) is 6.07 Å². The van der Waals surface area contributed by atoms with Crippen molar-refractivity contribution in [1.29, 1.82) is 0 Å². The fourth-order valence-corrected chi connectivity index (χ4v) is 1.01. The zero-order chi connectivity index (χ0) is 11.4. The fraction of sp³-hybridized carbons (Fsp3) is 0.300. The Morgan fingerprint density at radius 2 is 2.13 bits per heavy atom. The number of hydrogen-bond donors (Lipinski definition) is 1. The first kappa shape index (κ1) is 11.4. The number of pyridine rings is 1. The molecule has 2 nitrogen and oxygen atoms in total. The summed E-state index contributed by atoms with van der Waals surface area (Å²) in [7, 11) is 0. The highest BCUT2D eigenvalue weighted by molar-refractivity contribution is 5.37. The normalized spacial score (nSPS) is 11.9. The lowest BCUT2D eigenvalue weighted by atomic mass is 10.2. The summed E-state index contributed by atoms with van der Waals surface area (Å²) in [4.78, 5) is 3.10. The average molecular weight is 214 g/mol. The van der Waals surface area contributed by atoms with Crippen LogP contribution in [-0.2, 0) is 0 Å². The molecule has 0 amide bonds. The minimum atomic E-state index is -1.34. The maximum absolute atomic E-state index is 13.0. The van der Waals surface area contributed by atoms with Crippen LogP contribution in [0.5, 0.6) is 0 Å². The lowest BCUT2D eigenvalue weighted by Crippen LogP contribution is -2.17. The van der Waals surface area contributed by atoms with Crippen molar-refractivity contribution in [2.75, 3.05) is 5.32 Å². The third-order valence-electron chi connectivity index (χ3n) is 1.69. The van der Waals surface area contributed by atoms with E-state index in [1.54, 1.807) is 6.92 Å². The Hall–Kier alpha value is -1.70. The Bertz CT molecular complexity index is 398. The van der Waals surface area contributed by atoms with Gasteiger partial charge in [-0.25, -0.2) is 8.78 Å². The van der Waals surface area contributed by atoms with Crippen LogP contribution in [0.1, 0.15) is 13.3 Å². The molecule has 0 fully saturated rings. The first-order valence-corrected chi connectivity index (χ1v) is 4.26. The highest BCUT2D eigenvalue weighted by atomic mass is 19.2. The Morgan fingerprint density at radius 3 is 2.73 bits per heavy atom. The number of halogens is 3. The average Bonchev–Trinajstić information content (AvgIpc) is 2.14. The van der Waals surface area contributed by atoms with Gasteiger partial charge in [0.25, 0.3) is 5.95 Å². The zero-order valence-corrected chi connectivity index (χ0v) is 8.02. The van der Waals surface area contributed by atoms with Gasteiger partial charge in [-0.2, -0.15) is 9.37 Å². The summed E-state index contributed by atoms with van der Waals surface area (Å²) in [5, 5.41) is 2.54. The van der Waals surface area contributed by atoms with Crippen molar-refractivity contribution >= 4 is 5.82 Å². The molecule has 0 radical (unpaired) electrons. The van der Waals surface area contributed by atoms with Crippen molar-refractivity contribution in [2.45, 2.75) is 19.4 Å². The van der Waals surface area contributed by atoms with Gasteiger partial charge in [0.2, 0.25) is 0 Å². The molecule has 5 heteroatoms. The number of nitrogens with zero attached hydrogens (tertiary/aromatic N) is 1. The van der Waals surface area contributed by atoms with E-state index in [0.717, 1.165) is 0 Å². The maximum Gasteiger partial charge on any atom is 0.251 e. The molecule has 0 aromatic carbocycles. The van der Waals surface area contributed by atoms with Crippen molar-refractivity contribution in [3.63, 3.8) is 0 Å². The van der Waals surface area contributed by atoms with E-state index in [0.29, 0.717) is 12.5 Å². The third-order valence-corrected chi connectivity index (χ3v) is 1.69. The highest BCUT2D eigenvalue weighted by Crippen LogP contribution is 2.15. The lowest BCUT2D eigenvalue weighted by molar-refractivity contribution is 0.465. The molecule has 1 atom stereocenters. The quantitative estimate of drug-likeness (QED) is 0.617. The Morgan fingerprint density at radius 1 is 1.47 bits per heavy atom. The largest absolute Gasteiger partial charge is 0.364 e. The molecule has 0 bridgehead atoms. The van der Waals surface area contributed by atoms with E-state index in [1.807, 2.05) is 0 Å². The summed E-state index contributed by atoms with van der Waals surface area (Å²) < 4.78 is 38.2. The molecule has 1 rings (SSSR count). The minimum Gasteiger partial charge on any atom is -0.364 e. The molecular formula is C10H9F3N2. The van der Waals surface area contributed by atoms with E-state index in [1.165, 1.54) is 0 Å². The molecule has 0 spiro atoms. The van der Waals surface area contributed by atoms with Crippen LogP contribution in [0.2, 0.25) is 0 Å². The van der Waals surface area contributed by atoms with Gasteiger partial charge in [0.15, 0.2) is 17.5 Å². The molecule has 0 aliphatic rings. The summed E-state index contributed by atoms with van der Waals surface area (Å²) in [5.41, 5.74) is 0. The van der Waals surface area contributed by atoms with Crippen LogP contribution in [0, 0.1) is 29.9 Å². The smallest absolute Gasteiger partial charge is 0.251 e. The monoisotopic (exact) mass is 214 g/mol. The van der Waals surface area contributed by atoms with Gasteiger partial charge in [0.05, 0.1) is 0 Å². The number of aromatic nitrogens is 1. The van der Waals surface area contributed by atoms with Crippen molar-refractivity contribution in [1.82, 2.24) is 4.98 Å². The van der Waals surface area contributed by atoms with Crippen LogP contribution in [-0.4, -0.2) is 11.0 Å². The second-order valence-electron chi connectivity index (χ2n) is 3.05. The molecule has 1 unspecified atom stereocenters. The minimum absolute atomic E-state index is 0.262. The second kappa shape index (κ2) is 4.69. The first-order valence-electron chi connectivity index (χ1n) is 4.26. The van der Waals surface area contributed by atoms with Gasteiger partial charge in [0, 0.05) is 18.5 Å². The maximum atomic E-state index is 13.0. The number of nitrogens with one attached hydrogen (secondary N) is 1. The molecule has 0 aliphatic carbocycles. The van der Waals surface area contributed by atoms with E-state index in [4.69, 9.17) is 6.42 Å². The van der Waals surface area contributed by atoms with E-state index in [2.05, 4.69) is 16.2 Å². The number of rotatable bonds is 3. The van der Waals surface area contributed by atoms with Gasteiger partial charge in [-0.05, 0) is 6.92 Å². The standard InChI is InChI=1S/C10H9F3N2/c1-3-4-6(2)14-10-8(12)5-7(11)9(13)15-10/h1,5-6H,4H2,2H3,(H,14,15). The van der Waals surface area contributed by atoms with E-state index in [-0.39, 0.29) is 11.9 Å². The van der Waals surface area contributed by atoms with Crippen molar-refractivity contribution in [3.8, 4) is 12.3 Å². The first-order chi connectivity index (χ1) is 7.04. The topological polar surface area (TPSA) is 24.9 Å². The van der Waals surface area contributed by atoms with Gasteiger partial charge in [-0.15, -0.1) is 12.3 Å². The van der Waals surface area contributed by atoms with Crippen molar-refractivity contribution in [2.24, 2.45) is 0 Å². The summed E-state index contributed by atoms with van der Waals surface area (Å²) in [5.74, 6) is -1.59. The molecule has 0 saturated carbocycles. The van der Waals surface area contributed by atoms with Gasteiger partial charge < -0.3 is 5.32 Å². The summed E-state index contributed by atoms with van der Waals surface area (Å²) in [6.07, 6.45) is 5.37. The summed E-state index contributed by atoms with van der Waals surface area (Å²) in [6.45, 7) is 1.68. The predicted molar refractivity (Wildman–Crippen MR) is 50.6 cm³/mol. The predicted octanol–water partition coefficient (Wildman–Crippen LogP) is 2.32. The van der Waals surface area contributed by atoms with E-state index in [9.17, 15) is 13.2 Å². The van der Waals surface area contributed by atoms with Gasteiger partial charge in [-0.3, -0.25) is 0 Å². The molecule has 1 N–H and O–H groups in total. The molecular weight excluding hydrogens is 205 g/mol. The lowest BCUT2D eigenvalue weighted by Gasteiger charge is -2.12. The number of hydrogen-bond acceptors (Lipinski definition) is 2. The SMILES string of the molecule is C#CCC(C)Nc1nc(F)c(F)cc1F. The zero-order valence-electron chi connectivity index (χ0n) is 8.02. The second-order valence-corrected chi connectivity index (χ2v) is 3.05. The molecule has 0 aliphatic heterocycles. The van der Waals surface area contributed by atoms with Gasteiger partial charge >= 0.3 is 0 Å². The number of terminal acetylenes is 1. The van der Waals surface area contributed by atoms with Gasteiger partial charge in [-0.1, -0.05) is 0 Å². The highest BCUT2D eigenvalue weighted by Gasteiger charge is 2.12. The molecule has 1 aromatic rings. The van der Waals surface area contributed by atoms with Crippen LogP contribution in [0.3, 0.4) is 0 Å². The fourth-order valence-electron chi connectivity index (χ4n) is 1.01. The molecule has 1 aromatic heterocycles. The van der Waals surface area contributed by atoms with Crippen molar-refractivity contribution < 1.29 is 13.2 Å². The third kappa shape index (κ3) is 2.88. The molecule has 80 valence electrons. The summed E-state index contributed by atoms with van der Waals surface area (Å²) >= 11 is 0. The molecule has 1 heterocycles. The van der Waals surface area contributed by atoms with Crippen LogP contribution >= 0.6 is 0 Å². The summed E-state index contributed by atoms with van der Waals surface area (Å²) in [6, 6.07) is 0.176. The number of anilines is 1. The Balaban J connectivity index is 2.87. The van der Waals surface area contributed by atoms with Crippen LogP contribution < -0.4 is 5.32 Å². The molecule has 0 saturated heterocycles. The van der Waals surface area contributed by atoms with Crippen LogP contribution in [0.25, 0.3) is 0 Å². The van der Waals surface area contributed by atoms with Crippen LogP contribution in [0.4, 0.5) is 19.0 Å². The van der Waals surface area contributed by atoms with E-state index >= 15 is 0 Å². The van der Waals surface area contributed by atoms with E-state index < -0.39 is 17.6 Å². The molecule has 15 heavy (non-hydrogen) atoms. The Labute approximate surface area is 85.5 Å².